The SMILES string of the molecule is CN1Cc2ccccc2C[C@H]1CNC(=O)CCc1cccc(Cl)c1. The predicted molar refractivity (Wildman–Crippen MR) is 98.2 cm³/mol. The topological polar surface area (TPSA) is 32.3 Å². The molecule has 0 saturated carbocycles. The first kappa shape index (κ1) is 17.0. The predicted octanol–water partition coefficient (Wildman–Crippen LogP) is 3.45. The molecule has 0 fully saturated rings. The molecular formula is C20H23ClN2O. The summed E-state index contributed by atoms with van der Waals surface area (Å²) in [6.45, 7) is 1.64. The van der Waals surface area contributed by atoms with Gasteiger partial charge < -0.3 is 5.32 Å². The number of fused-ring (bicyclic) bond motifs is 1. The van der Waals surface area contributed by atoms with Crippen molar-refractivity contribution in [3.05, 3.63) is 70.2 Å². The fraction of sp³-hybridized carbons (Fsp3) is 0.350. The van der Waals surface area contributed by atoms with Crippen molar-refractivity contribution in [3.8, 4) is 0 Å². The Bertz CT molecular complexity index is 716. The lowest BCUT2D eigenvalue weighted by Crippen LogP contribution is -2.45. The highest BCUT2D eigenvalue weighted by Gasteiger charge is 2.23. The van der Waals surface area contributed by atoms with Crippen molar-refractivity contribution in [2.24, 2.45) is 0 Å². The fourth-order valence-corrected chi connectivity index (χ4v) is 3.43. The second kappa shape index (κ2) is 7.82. The largest absolute Gasteiger partial charge is 0.355 e. The number of hydrogen-bond acceptors (Lipinski definition) is 2. The highest BCUT2D eigenvalue weighted by atomic mass is 35.5. The summed E-state index contributed by atoms with van der Waals surface area (Å²) in [5.41, 5.74) is 3.89. The molecule has 0 aromatic heterocycles. The van der Waals surface area contributed by atoms with Crippen LogP contribution in [0.1, 0.15) is 23.1 Å². The molecule has 2 aromatic carbocycles. The van der Waals surface area contributed by atoms with Gasteiger partial charge in [-0.15, -0.1) is 0 Å². The first-order valence-corrected chi connectivity index (χ1v) is 8.78. The number of rotatable bonds is 5. The third-order valence-corrected chi connectivity index (χ3v) is 4.92. The van der Waals surface area contributed by atoms with E-state index >= 15 is 0 Å². The Labute approximate surface area is 148 Å². The van der Waals surface area contributed by atoms with Crippen LogP contribution in [-0.2, 0) is 24.2 Å². The summed E-state index contributed by atoms with van der Waals surface area (Å²) in [5.74, 6) is 0.0993. The summed E-state index contributed by atoms with van der Waals surface area (Å²) < 4.78 is 0. The molecule has 126 valence electrons. The van der Waals surface area contributed by atoms with Gasteiger partial charge in [0, 0.05) is 30.6 Å². The maximum atomic E-state index is 12.1. The van der Waals surface area contributed by atoms with Crippen LogP contribution in [0.5, 0.6) is 0 Å². The number of benzene rings is 2. The van der Waals surface area contributed by atoms with E-state index in [0.29, 0.717) is 19.0 Å². The van der Waals surface area contributed by atoms with E-state index < -0.39 is 0 Å². The molecule has 0 aliphatic carbocycles. The summed E-state index contributed by atoms with van der Waals surface area (Å²) >= 11 is 5.97. The second-order valence-electron chi connectivity index (χ2n) is 6.48. The van der Waals surface area contributed by atoms with E-state index in [1.54, 1.807) is 0 Å². The molecule has 0 unspecified atom stereocenters. The average Bonchev–Trinajstić information content (AvgIpc) is 2.58. The molecule has 0 radical (unpaired) electrons. The molecule has 1 aliphatic rings. The van der Waals surface area contributed by atoms with Crippen LogP contribution >= 0.6 is 11.6 Å². The number of nitrogens with zero attached hydrogens (tertiary/aromatic N) is 1. The summed E-state index contributed by atoms with van der Waals surface area (Å²) in [6, 6.07) is 16.6. The van der Waals surface area contributed by atoms with Crippen LogP contribution in [0, 0.1) is 0 Å². The number of halogens is 1. The molecule has 24 heavy (non-hydrogen) atoms. The van der Waals surface area contributed by atoms with Crippen LogP contribution in [0.25, 0.3) is 0 Å². The molecule has 1 N–H and O–H groups in total. The highest BCUT2D eigenvalue weighted by Crippen LogP contribution is 2.21. The first-order chi connectivity index (χ1) is 11.6. The van der Waals surface area contributed by atoms with Crippen LogP contribution in [0.2, 0.25) is 5.02 Å². The molecule has 1 atom stereocenters. The molecule has 1 amide bonds. The number of carbonyl (C=O) groups excluding carboxylic acids is 1. The molecule has 3 rings (SSSR count). The van der Waals surface area contributed by atoms with Crippen molar-refractivity contribution in [1.29, 1.82) is 0 Å². The lowest BCUT2D eigenvalue weighted by atomic mass is 9.94. The number of likely N-dealkylation sites (N-methyl/N-ethyl adjacent to an activating group) is 1. The summed E-state index contributed by atoms with van der Waals surface area (Å²) in [7, 11) is 2.12. The molecule has 3 nitrogen and oxygen atoms in total. The average molecular weight is 343 g/mol. The Morgan fingerprint density at radius 3 is 2.79 bits per heavy atom. The summed E-state index contributed by atoms with van der Waals surface area (Å²) in [4.78, 5) is 14.5. The lowest BCUT2D eigenvalue weighted by molar-refractivity contribution is -0.121. The van der Waals surface area contributed by atoms with Gasteiger partial charge >= 0.3 is 0 Å². The number of hydrogen-bond donors (Lipinski definition) is 1. The van der Waals surface area contributed by atoms with E-state index in [1.165, 1.54) is 11.1 Å². The van der Waals surface area contributed by atoms with Gasteiger partial charge in [0.25, 0.3) is 0 Å². The first-order valence-electron chi connectivity index (χ1n) is 8.40. The molecule has 1 heterocycles. The zero-order valence-corrected chi connectivity index (χ0v) is 14.7. The van der Waals surface area contributed by atoms with Crippen LogP contribution in [0.15, 0.2) is 48.5 Å². The fourth-order valence-electron chi connectivity index (χ4n) is 3.22. The number of nitrogens with one attached hydrogen (secondary N) is 1. The van der Waals surface area contributed by atoms with Crippen LogP contribution in [-0.4, -0.2) is 30.4 Å². The van der Waals surface area contributed by atoms with Crippen LogP contribution in [0.4, 0.5) is 0 Å². The van der Waals surface area contributed by atoms with Gasteiger partial charge in [0.1, 0.15) is 0 Å². The molecule has 0 spiro atoms. The minimum Gasteiger partial charge on any atom is -0.355 e. The highest BCUT2D eigenvalue weighted by molar-refractivity contribution is 6.30. The quantitative estimate of drug-likeness (QED) is 0.902. The normalized spacial score (nSPS) is 17.3. The van der Waals surface area contributed by atoms with E-state index in [1.807, 2.05) is 24.3 Å². The van der Waals surface area contributed by atoms with Gasteiger partial charge in [-0.2, -0.15) is 0 Å². The number of amides is 1. The lowest BCUT2D eigenvalue weighted by Gasteiger charge is -2.34. The van der Waals surface area contributed by atoms with Gasteiger partial charge in [0.2, 0.25) is 5.91 Å². The molecule has 1 aliphatic heterocycles. The third-order valence-electron chi connectivity index (χ3n) is 4.68. The molecule has 0 saturated heterocycles. The van der Waals surface area contributed by atoms with Crippen molar-refractivity contribution in [3.63, 3.8) is 0 Å². The van der Waals surface area contributed by atoms with E-state index in [2.05, 4.69) is 41.5 Å². The number of aryl methyl sites for hydroxylation is 1. The Balaban J connectivity index is 1.48. The van der Waals surface area contributed by atoms with Crippen molar-refractivity contribution < 1.29 is 4.79 Å². The Morgan fingerprint density at radius 1 is 1.21 bits per heavy atom. The van der Waals surface area contributed by atoms with Gasteiger partial charge in [0.05, 0.1) is 0 Å². The monoisotopic (exact) mass is 342 g/mol. The number of carbonyl (C=O) groups is 1. The molecule has 0 bridgehead atoms. The summed E-state index contributed by atoms with van der Waals surface area (Å²) in [5, 5.41) is 3.80. The van der Waals surface area contributed by atoms with E-state index in [0.717, 1.165) is 30.0 Å². The Kier molecular flexibility index (Phi) is 5.54. The van der Waals surface area contributed by atoms with Gasteiger partial charge in [-0.05, 0) is 48.7 Å². The zero-order valence-electron chi connectivity index (χ0n) is 14.0. The van der Waals surface area contributed by atoms with Crippen molar-refractivity contribution in [1.82, 2.24) is 10.2 Å². The van der Waals surface area contributed by atoms with Gasteiger partial charge in [-0.25, -0.2) is 0 Å². The van der Waals surface area contributed by atoms with Crippen LogP contribution in [0.3, 0.4) is 0 Å². The molecular weight excluding hydrogens is 320 g/mol. The molecule has 2 aromatic rings. The van der Waals surface area contributed by atoms with Gasteiger partial charge in [0.15, 0.2) is 0 Å². The van der Waals surface area contributed by atoms with Gasteiger partial charge in [-0.1, -0.05) is 48.0 Å². The standard InChI is InChI=1S/C20H23ClN2O/c1-23-14-17-7-3-2-6-16(17)12-19(23)13-22-20(24)10-9-15-5-4-8-18(21)11-15/h2-8,11,19H,9-10,12-14H2,1H3,(H,22,24)/t19-/m0/s1. The van der Waals surface area contributed by atoms with Gasteiger partial charge in [-0.3, -0.25) is 9.69 Å². The van der Waals surface area contributed by atoms with E-state index in [9.17, 15) is 4.79 Å². The van der Waals surface area contributed by atoms with Crippen LogP contribution < -0.4 is 5.32 Å². The minimum absolute atomic E-state index is 0.0993. The third kappa shape index (κ3) is 4.37. The zero-order chi connectivity index (χ0) is 16.9. The van der Waals surface area contributed by atoms with Crippen molar-refractivity contribution in [2.45, 2.75) is 31.8 Å². The summed E-state index contributed by atoms with van der Waals surface area (Å²) in [6.07, 6.45) is 2.20. The van der Waals surface area contributed by atoms with E-state index in [-0.39, 0.29) is 5.91 Å². The maximum Gasteiger partial charge on any atom is 0.220 e. The van der Waals surface area contributed by atoms with Crippen molar-refractivity contribution in [2.75, 3.05) is 13.6 Å². The molecule has 4 heteroatoms. The van der Waals surface area contributed by atoms with E-state index in [4.69, 9.17) is 11.6 Å². The van der Waals surface area contributed by atoms with Crippen molar-refractivity contribution >= 4 is 17.5 Å². The second-order valence-corrected chi connectivity index (χ2v) is 6.91. The minimum atomic E-state index is 0.0993. The Hall–Kier alpha value is -1.84. The maximum absolute atomic E-state index is 12.1. The smallest absolute Gasteiger partial charge is 0.220 e. The Morgan fingerprint density at radius 2 is 2.00 bits per heavy atom.